The van der Waals surface area contributed by atoms with Crippen LogP contribution < -0.4 is 5.32 Å². The summed E-state index contributed by atoms with van der Waals surface area (Å²) in [6, 6.07) is 1.98. The van der Waals surface area contributed by atoms with Crippen LogP contribution >= 0.6 is 43.2 Å². The number of carbonyl (C=O) groups excluding carboxylic acids is 1. The fraction of sp³-hybridized carbons (Fsp3) is 0.375. The second-order valence-corrected chi connectivity index (χ2v) is 5.75. The van der Waals surface area contributed by atoms with Gasteiger partial charge in [0.1, 0.15) is 0 Å². The summed E-state index contributed by atoms with van der Waals surface area (Å²) in [6.45, 7) is 2.39. The quantitative estimate of drug-likeness (QED) is 0.850. The van der Waals surface area contributed by atoms with Gasteiger partial charge in [-0.1, -0.05) is 15.9 Å². The van der Waals surface area contributed by atoms with Crippen molar-refractivity contribution in [2.24, 2.45) is 0 Å². The van der Waals surface area contributed by atoms with Gasteiger partial charge in [-0.05, 0) is 34.3 Å². The highest BCUT2D eigenvalue weighted by Gasteiger charge is 2.08. The highest BCUT2D eigenvalue weighted by Crippen LogP contribution is 2.22. The molecule has 1 unspecified atom stereocenters. The Bertz CT molecular complexity index is 298. The van der Waals surface area contributed by atoms with E-state index in [4.69, 9.17) is 0 Å². The van der Waals surface area contributed by atoms with Gasteiger partial charge in [-0.2, -0.15) is 0 Å². The highest BCUT2D eigenvalue weighted by molar-refractivity contribution is 9.10. The Hall–Kier alpha value is 0.130. The van der Waals surface area contributed by atoms with Crippen molar-refractivity contribution in [3.8, 4) is 0 Å². The van der Waals surface area contributed by atoms with E-state index in [9.17, 15) is 4.79 Å². The molecule has 0 fully saturated rings. The molecule has 0 aliphatic carbocycles. The molecule has 1 rings (SSSR count). The molecular weight excluding hydrogens is 318 g/mol. The Morgan fingerprint density at radius 1 is 1.77 bits per heavy atom. The van der Waals surface area contributed by atoms with Crippen molar-refractivity contribution in [3.63, 3.8) is 0 Å². The van der Waals surface area contributed by atoms with Crippen LogP contribution in [0.4, 0.5) is 0 Å². The summed E-state index contributed by atoms with van der Waals surface area (Å²) in [5.74, 6) is 0.0142. The summed E-state index contributed by atoms with van der Waals surface area (Å²) in [5.41, 5.74) is 0. The van der Waals surface area contributed by atoms with E-state index in [0.717, 1.165) is 9.35 Å². The van der Waals surface area contributed by atoms with Crippen LogP contribution in [0, 0.1) is 0 Å². The van der Waals surface area contributed by atoms with Crippen molar-refractivity contribution in [2.45, 2.75) is 18.3 Å². The van der Waals surface area contributed by atoms with E-state index in [1.165, 1.54) is 0 Å². The van der Waals surface area contributed by atoms with Crippen molar-refractivity contribution in [2.75, 3.05) is 0 Å². The Kier molecular flexibility index (Phi) is 4.41. The predicted octanol–water partition coefficient (Wildman–Crippen LogP) is 2.91. The van der Waals surface area contributed by atoms with Crippen LogP contribution in [0.5, 0.6) is 0 Å². The average molecular weight is 327 g/mol. The number of hydrogen-bond donors (Lipinski definition) is 1. The molecule has 0 saturated carbocycles. The molecule has 1 N–H and O–H groups in total. The van der Waals surface area contributed by atoms with Gasteiger partial charge in [-0.3, -0.25) is 4.79 Å². The van der Waals surface area contributed by atoms with E-state index in [2.05, 4.69) is 37.2 Å². The molecule has 1 atom stereocenters. The second-order valence-electron chi connectivity index (χ2n) is 2.53. The number of carbonyl (C=O) groups is 1. The number of thiophene rings is 1. The van der Waals surface area contributed by atoms with E-state index >= 15 is 0 Å². The van der Waals surface area contributed by atoms with E-state index < -0.39 is 0 Å². The monoisotopic (exact) mass is 325 g/mol. The minimum Gasteiger partial charge on any atom is -0.350 e. The van der Waals surface area contributed by atoms with E-state index in [1.807, 2.05) is 11.4 Å². The molecular formula is C8H9Br2NOS. The van der Waals surface area contributed by atoms with Gasteiger partial charge in [0.15, 0.2) is 0 Å². The number of alkyl halides is 1. The molecule has 0 bridgehead atoms. The summed E-state index contributed by atoms with van der Waals surface area (Å²) in [4.78, 5) is 12.2. The van der Waals surface area contributed by atoms with Gasteiger partial charge in [0.2, 0.25) is 5.91 Å². The zero-order valence-corrected chi connectivity index (χ0v) is 11.0. The molecule has 1 heterocycles. The zero-order valence-electron chi connectivity index (χ0n) is 7.01. The molecule has 1 aromatic rings. The van der Waals surface area contributed by atoms with E-state index in [1.54, 1.807) is 18.3 Å². The Morgan fingerprint density at radius 3 is 2.92 bits per heavy atom. The van der Waals surface area contributed by atoms with Crippen molar-refractivity contribution in [1.82, 2.24) is 5.32 Å². The molecule has 72 valence electrons. The van der Waals surface area contributed by atoms with Gasteiger partial charge in [0, 0.05) is 9.35 Å². The van der Waals surface area contributed by atoms with Crippen LogP contribution in [0.25, 0.3) is 0 Å². The largest absolute Gasteiger partial charge is 0.350 e. The van der Waals surface area contributed by atoms with Crippen molar-refractivity contribution in [1.29, 1.82) is 0 Å². The maximum absolute atomic E-state index is 11.2. The lowest BCUT2D eigenvalue weighted by Gasteiger charge is -2.05. The number of rotatable bonds is 3. The van der Waals surface area contributed by atoms with Crippen LogP contribution in [0.1, 0.15) is 11.8 Å². The van der Waals surface area contributed by atoms with Crippen LogP contribution in [-0.4, -0.2) is 10.7 Å². The van der Waals surface area contributed by atoms with Crippen LogP contribution in [0.15, 0.2) is 15.9 Å². The number of amides is 1. The summed E-state index contributed by atoms with van der Waals surface area (Å²) in [7, 11) is 0. The smallest absolute Gasteiger partial charge is 0.233 e. The summed E-state index contributed by atoms with van der Waals surface area (Å²) in [6.07, 6.45) is 0. The molecule has 0 radical (unpaired) electrons. The zero-order chi connectivity index (χ0) is 9.84. The van der Waals surface area contributed by atoms with Gasteiger partial charge in [-0.25, -0.2) is 0 Å². The Balaban J connectivity index is 2.44. The third-order valence-electron chi connectivity index (χ3n) is 1.48. The van der Waals surface area contributed by atoms with E-state index in [-0.39, 0.29) is 10.7 Å². The van der Waals surface area contributed by atoms with Crippen LogP contribution in [0.2, 0.25) is 0 Å². The van der Waals surface area contributed by atoms with Crippen LogP contribution in [-0.2, 0) is 11.3 Å². The fourth-order valence-corrected chi connectivity index (χ4v) is 2.35. The van der Waals surface area contributed by atoms with Crippen LogP contribution in [0.3, 0.4) is 0 Å². The lowest BCUT2D eigenvalue weighted by atomic mass is 10.4. The minimum absolute atomic E-state index is 0.0142. The molecule has 2 nitrogen and oxygen atoms in total. The molecule has 0 aliphatic heterocycles. The van der Waals surface area contributed by atoms with Gasteiger partial charge < -0.3 is 5.32 Å². The predicted molar refractivity (Wildman–Crippen MR) is 62.3 cm³/mol. The molecule has 0 aliphatic rings. The molecule has 1 aromatic heterocycles. The van der Waals surface area contributed by atoms with Gasteiger partial charge in [0.25, 0.3) is 0 Å². The first kappa shape index (κ1) is 11.2. The Morgan fingerprint density at radius 2 is 2.46 bits per heavy atom. The lowest BCUT2D eigenvalue weighted by molar-refractivity contribution is -0.120. The molecule has 0 spiro atoms. The third kappa shape index (κ3) is 3.40. The van der Waals surface area contributed by atoms with Crippen molar-refractivity contribution >= 4 is 49.1 Å². The molecule has 13 heavy (non-hydrogen) atoms. The van der Waals surface area contributed by atoms with Gasteiger partial charge in [-0.15, -0.1) is 11.3 Å². The average Bonchev–Trinajstić information content (AvgIpc) is 2.47. The third-order valence-corrected chi connectivity index (χ3v) is 3.82. The van der Waals surface area contributed by atoms with Gasteiger partial charge >= 0.3 is 0 Å². The topological polar surface area (TPSA) is 29.1 Å². The first-order valence-electron chi connectivity index (χ1n) is 3.75. The number of hydrogen-bond acceptors (Lipinski definition) is 2. The maximum Gasteiger partial charge on any atom is 0.233 e. The maximum atomic E-state index is 11.2. The molecule has 0 saturated heterocycles. The summed E-state index contributed by atoms with van der Waals surface area (Å²) >= 11 is 8.23. The first-order valence-corrected chi connectivity index (χ1v) is 6.33. The SMILES string of the molecule is CC(Br)C(=O)NCc1sccc1Br. The van der Waals surface area contributed by atoms with Crippen molar-refractivity contribution < 1.29 is 4.79 Å². The van der Waals surface area contributed by atoms with Crippen molar-refractivity contribution in [3.05, 3.63) is 20.8 Å². The summed E-state index contributed by atoms with van der Waals surface area (Å²) < 4.78 is 1.06. The normalized spacial score (nSPS) is 12.5. The minimum atomic E-state index is -0.133. The van der Waals surface area contributed by atoms with E-state index in [0.29, 0.717) is 6.54 Å². The Labute approximate surface area is 98.0 Å². The highest BCUT2D eigenvalue weighted by atomic mass is 79.9. The number of halogens is 2. The fourth-order valence-electron chi connectivity index (χ4n) is 0.759. The molecule has 5 heteroatoms. The molecule has 0 aromatic carbocycles. The molecule has 1 amide bonds. The number of nitrogens with one attached hydrogen (secondary N) is 1. The summed E-state index contributed by atoms with van der Waals surface area (Å²) in [5, 5.41) is 4.81. The second kappa shape index (κ2) is 5.12. The standard InChI is InChI=1S/C8H9Br2NOS/c1-5(9)8(12)11-4-7-6(10)2-3-13-7/h2-3,5H,4H2,1H3,(H,11,12). The lowest BCUT2D eigenvalue weighted by Crippen LogP contribution is -2.28. The van der Waals surface area contributed by atoms with Gasteiger partial charge in [0.05, 0.1) is 11.4 Å². The first-order chi connectivity index (χ1) is 6.11.